The third-order valence-electron chi connectivity index (χ3n) is 7.72. The van der Waals surface area contributed by atoms with Gasteiger partial charge in [-0.25, -0.2) is 18.0 Å². The van der Waals surface area contributed by atoms with E-state index in [-0.39, 0.29) is 40.6 Å². The molecule has 0 bridgehead atoms. The van der Waals surface area contributed by atoms with Crippen molar-refractivity contribution in [2.75, 3.05) is 38.2 Å². The monoisotopic (exact) mass is 681 g/mol. The lowest BCUT2D eigenvalue weighted by atomic mass is 9.93. The molecule has 1 fully saturated rings. The van der Waals surface area contributed by atoms with Crippen LogP contribution in [0.1, 0.15) is 55.4 Å². The van der Waals surface area contributed by atoms with Gasteiger partial charge in [-0.2, -0.15) is 0 Å². The fourth-order valence-electron chi connectivity index (χ4n) is 5.72. The second kappa shape index (κ2) is 12.3. The van der Waals surface area contributed by atoms with E-state index in [1.807, 2.05) is 13.0 Å². The number of aromatic nitrogens is 1. The summed E-state index contributed by atoms with van der Waals surface area (Å²) in [6.07, 6.45) is -0.484. The zero-order valence-corrected chi connectivity index (χ0v) is 27.0. The summed E-state index contributed by atoms with van der Waals surface area (Å²) < 4.78 is 49.5. The van der Waals surface area contributed by atoms with Gasteiger partial charge in [0.15, 0.2) is 0 Å². The molecule has 3 heterocycles. The van der Waals surface area contributed by atoms with Gasteiger partial charge in [0.05, 0.1) is 43.4 Å². The number of anilines is 1. The number of fused-ring (bicyclic) bond motifs is 2. The van der Waals surface area contributed by atoms with E-state index in [0.29, 0.717) is 27.9 Å². The van der Waals surface area contributed by atoms with Crippen LogP contribution in [-0.4, -0.2) is 82.0 Å². The van der Waals surface area contributed by atoms with Gasteiger partial charge in [0, 0.05) is 16.6 Å². The van der Waals surface area contributed by atoms with E-state index in [4.69, 9.17) is 27.9 Å². The van der Waals surface area contributed by atoms with Crippen molar-refractivity contribution in [3.8, 4) is 0 Å². The summed E-state index contributed by atoms with van der Waals surface area (Å²) in [4.78, 5) is 57.2. The molecular weight excluding hydrogens is 650 g/mol. The number of hydrogen-bond donors (Lipinski definition) is 2. The fraction of sp³-hybridized carbons (Fsp3) is 0.419. The summed E-state index contributed by atoms with van der Waals surface area (Å²) in [5.74, 6) is -5.56. The predicted molar refractivity (Wildman–Crippen MR) is 167 cm³/mol. The fourth-order valence-corrected chi connectivity index (χ4v) is 6.42. The average molecular weight is 683 g/mol. The molecule has 2 aromatic carbocycles. The molecule has 0 spiro atoms. The van der Waals surface area contributed by atoms with Crippen LogP contribution in [0.25, 0.3) is 10.8 Å². The number of carbonyl (C=O) groups is 3. The number of carbonyl (C=O) groups excluding carboxylic acids is 3. The quantitative estimate of drug-likeness (QED) is 0.359. The number of pyridine rings is 1. The Morgan fingerprint density at radius 1 is 1.09 bits per heavy atom. The average Bonchev–Trinajstić information content (AvgIpc) is 2.94. The van der Waals surface area contributed by atoms with Crippen LogP contribution in [0.5, 0.6) is 0 Å². The number of benzene rings is 2. The van der Waals surface area contributed by atoms with E-state index in [0.717, 1.165) is 22.1 Å². The highest BCUT2D eigenvalue weighted by molar-refractivity contribution is 6.35. The van der Waals surface area contributed by atoms with Crippen molar-refractivity contribution in [2.45, 2.75) is 51.7 Å². The van der Waals surface area contributed by atoms with Gasteiger partial charge in [-0.1, -0.05) is 23.2 Å². The highest BCUT2D eigenvalue weighted by Crippen LogP contribution is 2.37. The molecule has 0 radical (unpaired) electrons. The number of amides is 3. The minimum Gasteiger partial charge on any atom is -0.444 e. The molecule has 1 saturated heterocycles. The summed E-state index contributed by atoms with van der Waals surface area (Å²) >= 11 is 12.5. The van der Waals surface area contributed by atoms with E-state index < -0.39 is 54.7 Å². The number of alkyl halides is 2. The minimum atomic E-state index is -3.44. The SMILES string of the molecule is CC1c2c(Cl)cc(Cl)cc2CCN1C(=O)CNc1cc2cc(C(=O)N3CN(C(=O)OC(C)(C)C)CC(F)(F)C3)[nH]c(=O)c2cc1F. The van der Waals surface area contributed by atoms with Crippen molar-refractivity contribution >= 4 is 57.6 Å². The minimum absolute atomic E-state index is 0.0974. The Hall–Kier alpha value is -3.97. The van der Waals surface area contributed by atoms with Crippen molar-refractivity contribution in [2.24, 2.45) is 0 Å². The molecule has 1 unspecified atom stereocenters. The molecule has 3 amide bonds. The Kier molecular flexibility index (Phi) is 8.95. The highest BCUT2D eigenvalue weighted by Gasteiger charge is 2.44. The van der Waals surface area contributed by atoms with Crippen molar-refractivity contribution in [3.63, 3.8) is 0 Å². The number of halogens is 5. The molecule has 2 N–H and O–H groups in total. The van der Waals surface area contributed by atoms with Gasteiger partial charge in [-0.15, -0.1) is 0 Å². The molecule has 15 heteroatoms. The van der Waals surface area contributed by atoms with Crippen molar-refractivity contribution in [1.29, 1.82) is 0 Å². The zero-order chi connectivity index (χ0) is 33.7. The van der Waals surface area contributed by atoms with Crippen LogP contribution in [0.4, 0.5) is 23.7 Å². The molecule has 0 saturated carbocycles. The van der Waals surface area contributed by atoms with Crippen LogP contribution < -0.4 is 10.9 Å². The van der Waals surface area contributed by atoms with Crippen molar-refractivity contribution < 1.29 is 32.3 Å². The number of H-pyrrole nitrogens is 1. The lowest BCUT2D eigenvalue weighted by molar-refractivity contribution is -0.131. The number of rotatable bonds is 4. The summed E-state index contributed by atoms with van der Waals surface area (Å²) in [6, 6.07) is 6.52. The number of nitrogens with one attached hydrogen (secondary N) is 2. The Morgan fingerprint density at radius 2 is 1.78 bits per heavy atom. The number of nitrogens with zero attached hydrogens (tertiary/aromatic N) is 3. The first-order valence-corrected chi connectivity index (χ1v) is 15.2. The topological polar surface area (TPSA) is 115 Å². The van der Waals surface area contributed by atoms with Crippen LogP contribution in [0.15, 0.2) is 35.1 Å². The first-order valence-electron chi connectivity index (χ1n) is 14.5. The van der Waals surface area contributed by atoms with E-state index in [1.165, 1.54) is 12.1 Å². The van der Waals surface area contributed by atoms with Gasteiger partial charge >= 0.3 is 6.09 Å². The van der Waals surface area contributed by atoms with Gasteiger partial charge < -0.3 is 24.8 Å². The maximum atomic E-state index is 15.1. The summed E-state index contributed by atoms with van der Waals surface area (Å²) in [5, 5.41) is 3.74. The molecule has 1 aromatic heterocycles. The molecule has 2 aliphatic heterocycles. The van der Waals surface area contributed by atoms with E-state index in [2.05, 4.69) is 10.3 Å². The number of ether oxygens (including phenoxy) is 1. The second-order valence-electron chi connectivity index (χ2n) is 12.4. The lowest BCUT2D eigenvalue weighted by Crippen LogP contribution is -2.59. The highest BCUT2D eigenvalue weighted by atomic mass is 35.5. The first-order chi connectivity index (χ1) is 21.4. The predicted octanol–water partition coefficient (Wildman–Crippen LogP) is 5.82. The largest absolute Gasteiger partial charge is 0.444 e. The Labute approximate surface area is 272 Å². The third-order valence-corrected chi connectivity index (χ3v) is 8.26. The van der Waals surface area contributed by atoms with E-state index >= 15 is 4.39 Å². The molecule has 246 valence electrons. The van der Waals surface area contributed by atoms with Crippen molar-refractivity contribution in [1.82, 2.24) is 19.7 Å². The van der Waals surface area contributed by atoms with Crippen LogP contribution in [0.2, 0.25) is 10.0 Å². The maximum absolute atomic E-state index is 15.1. The van der Waals surface area contributed by atoms with E-state index in [1.54, 1.807) is 31.7 Å². The zero-order valence-electron chi connectivity index (χ0n) is 25.5. The van der Waals surface area contributed by atoms with Crippen molar-refractivity contribution in [3.05, 3.63) is 73.4 Å². The third kappa shape index (κ3) is 7.05. The molecule has 5 rings (SSSR count). The van der Waals surface area contributed by atoms with Gasteiger partial charge in [0.2, 0.25) is 5.91 Å². The van der Waals surface area contributed by atoms with Gasteiger partial charge in [0.25, 0.3) is 17.4 Å². The summed E-state index contributed by atoms with van der Waals surface area (Å²) in [6.45, 7) is 4.24. The van der Waals surface area contributed by atoms with Crippen LogP contribution >= 0.6 is 23.2 Å². The number of hydrogen-bond acceptors (Lipinski definition) is 6. The van der Waals surface area contributed by atoms with E-state index in [9.17, 15) is 28.0 Å². The molecule has 2 aliphatic rings. The lowest BCUT2D eigenvalue weighted by Gasteiger charge is -2.40. The maximum Gasteiger partial charge on any atom is 0.411 e. The van der Waals surface area contributed by atoms with Gasteiger partial charge in [0.1, 0.15) is 17.1 Å². The first kappa shape index (κ1) is 33.4. The molecule has 10 nitrogen and oxygen atoms in total. The standard InChI is InChI=1S/C31H32Cl2F3N5O5/c1-16-26-17(7-19(32)10-21(26)33)5-6-41(16)25(42)12-37-23-8-18-9-24(38-27(43)20(18)11-22(23)34)28(44)39-13-31(35,36)14-40(15-39)29(45)46-30(2,3)4/h7-11,16,37H,5-6,12-15H2,1-4H3,(H,38,43). The second-order valence-corrected chi connectivity index (χ2v) is 13.3. The molecule has 3 aromatic rings. The van der Waals surface area contributed by atoms with Gasteiger partial charge in [-0.3, -0.25) is 19.3 Å². The molecular formula is C31H32Cl2F3N5O5. The Bertz CT molecular complexity index is 1790. The number of aromatic amines is 1. The molecule has 0 aliphatic carbocycles. The normalized spacial score (nSPS) is 17.9. The molecule has 1 atom stereocenters. The van der Waals surface area contributed by atoms with Crippen LogP contribution in [0, 0.1) is 5.82 Å². The Balaban J connectivity index is 1.34. The van der Waals surface area contributed by atoms with Crippen LogP contribution in [-0.2, 0) is 16.0 Å². The molecule has 46 heavy (non-hydrogen) atoms. The smallest absolute Gasteiger partial charge is 0.411 e. The summed E-state index contributed by atoms with van der Waals surface area (Å²) in [7, 11) is 0. The summed E-state index contributed by atoms with van der Waals surface area (Å²) in [5.41, 5.74) is -0.490. The van der Waals surface area contributed by atoms with Gasteiger partial charge in [-0.05, 0) is 81.0 Å². The van der Waals surface area contributed by atoms with Crippen LogP contribution in [0.3, 0.4) is 0 Å². The Morgan fingerprint density at radius 3 is 2.48 bits per heavy atom.